The predicted molar refractivity (Wildman–Crippen MR) is 81.9 cm³/mol. The molecule has 2 atom stereocenters. The summed E-state index contributed by atoms with van der Waals surface area (Å²) in [4.78, 5) is 0. The van der Waals surface area contributed by atoms with Crippen LogP contribution < -0.4 is 11.1 Å². The van der Waals surface area contributed by atoms with Crippen molar-refractivity contribution in [3.05, 3.63) is 34.9 Å². The lowest BCUT2D eigenvalue weighted by atomic mass is 10.0. The second-order valence-corrected chi connectivity index (χ2v) is 6.04. The molecule has 0 heterocycles. The van der Waals surface area contributed by atoms with E-state index in [2.05, 4.69) is 24.3 Å². The highest BCUT2D eigenvalue weighted by Gasteiger charge is 2.20. The van der Waals surface area contributed by atoms with E-state index in [1.165, 1.54) is 30.4 Å². The smallest absolute Gasteiger partial charge is 0.170 e. The molecule has 0 aliphatic heterocycles. The van der Waals surface area contributed by atoms with Crippen molar-refractivity contribution in [1.29, 1.82) is 0 Å². The van der Waals surface area contributed by atoms with Crippen LogP contribution in [0.1, 0.15) is 42.9 Å². The van der Waals surface area contributed by atoms with Crippen LogP contribution in [0.3, 0.4) is 0 Å². The van der Waals surface area contributed by atoms with Crippen molar-refractivity contribution in [3.8, 4) is 0 Å². The Labute approximate surface area is 121 Å². The Balaban J connectivity index is 1.87. The molecular weight excluding hydrogens is 250 g/mol. The van der Waals surface area contributed by atoms with Gasteiger partial charge < -0.3 is 16.3 Å². The van der Waals surface area contributed by atoms with E-state index in [0.29, 0.717) is 0 Å². The molecule has 1 fully saturated rings. The Kier molecular flexibility index (Phi) is 5.01. The van der Waals surface area contributed by atoms with Gasteiger partial charge in [0.25, 0.3) is 0 Å². The molecular formula is C16H25N3O. The Hall–Kier alpha value is -1.55. The normalized spacial score (nSPS) is 23.2. The molecule has 1 aliphatic carbocycles. The summed E-state index contributed by atoms with van der Waals surface area (Å²) in [7, 11) is 0. The summed E-state index contributed by atoms with van der Waals surface area (Å²) in [5, 5.41) is 15.3. The summed E-state index contributed by atoms with van der Waals surface area (Å²) in [5.74, 6) is 1.89. The highest BCUT2D eigenvalue weighted by atomic mass is 16.4. The molecule has 4 nitrogen and oxygen atoms in total. The zero-order valence-electron chi connectivity index (χ0n) is 12.4. The third-order valence-electron chi connectivity index (χ3n) is 4.30. The van der Waals surface area contributed by atoms with Crippen LogP contribution in [0.2, 0.25) is 0 Å². The number of nitrogens with two attached hydrogens (primary N) is 1. The molecule has 1 aromatic carbocycles. The van der Waals surface area contributed by atoms with Gasteiger partial charge in [0.05, 0.1) is 0 Å². The number of benzene rings is 1. The van der Waals surface area contributed by atoms with Gasteiger partial charge in [-0.2, -0.15) is 0 Å². The highest BCUT2D eigenvalue weighted by Crippen LogP contribution is 2.29. The largest absolute Gasteiger partial charge is 0.409 e. The van der Waals surface area contributed by atoms with Crippen LogP contribution in [0.4, 0.5) is 0 Å². The second-order valence-electron chi connectivity index (χ2n) is 6.04. The second kappa shape index (κ2) is 6.75. The number of nitrogens with zero attached hydrogens (tertiary/aromatic N) is 1. The molecule has 0 saturated heterocycles. The van der Waals surface area contributed by atoms with E-state index in [4.69, 9.17) is 10.9 Å². The molecule has 0 aromatic heterocycles. The summed E-state index contributed by atoms with van der Waals surface area (Å²) in [6.45, 7) is 6.39. The van der Waals surface area contributed by atoms with Gasteiger partial charge in [-0.05, 0) is 55.3 Å². The Morgan fingerprint density at radius 3 is 2.85 bits per heavy atom. The van der Waals surface area contributed by atoms with Gasteiger partial charge in [-0.1, -0.05) is 30.6 Å². The molecule has 0 bridgehead atoms. The van der Waals surface area contributed by atoms with Crippen LogP contribution in [0.5, 0.6) is 0 Å². The summed E-state index contributed by atoms with van der Waals surface area (Å²) in [5.41, 5.74) is 8.79. The monoisotopic (exact) mass is 275 g/mol. The zero-order valence-corrected chi connectivity index (χ0v) is 12.4. The molecule has 1 aromatic rings. The molecule has 4 heteroatoms. The van der Waals surface area contributed by atoms with Gasteiger partial charge in [-0.3, -0.25) is 0 Å². The fourth-order valence-corrected chi connectivity index (χ4v) is 3.03. The number of nitrogens with one attached hydrogen (secondary N) is 1. The lowest BCUT2D eigenvalue weighted by molar-refractivity contribution is 0.318. The Bertz CT molecular complexity index is 485. The van der Waals surface area contributed by atoms with Crippen molar-refractivity contribution in [2.45, 2.75) is 39.7 Å². The first kappa shape index (κ1) is 14.9. The average Bonchev–Trinajstić information content (AvgIpc) is 2.85. The maximum atomic E-state index is 8.68. The van der Waals surface area contributed by atoms with Crippen LogP contribution >= 0.6 is 0 Å². The number of amidine groups is 1. The minimum Gasteiger partial charge on any atom is -0.409 e. The van der Waals surface area contributed by atoms with Crippen molar-refractivity contribution in [1.82, 2.24) is 5.32 Å². The standard InChI is InChI=1S/C16H25N3O/c1-11-3-4-13(7-11)9-18-10-15-6-5-14(8-12(15)2)16(17)19-20/h5-6,8,11,13,18,20H,3-4,7,9-10H2,1-2H3,(H2,17,19). The molecule has 2 unspecified atom stereocenters. The fourth-order valence-electron chi connectivity index (χ4n) is 3.03. The summed E-state index contributed by atoms with van der Waals surface area (Å²) >= 11 is 0. The third-order valence-corrected chi connectivity index (χ3v) is 4.30. The van der Waals surface area contributed by atoms with Crippen molar-refractivity contribution < 1.29 is 5.21 Å². The molecule has 1 saturated carbocycles. The van der Waals surface area contributed by atoms with Crippen LogP contribution in [-0.2, 0) is 6.54 Å². The lowest BCUT2D eigenvalue weighted by Crippen LogP contribution is -2.21. The van der Waals surface area contributed by atoms with Crippen molar-refractivity contribution in [3.63, 3.8) is 0 Å². The number of aryl methyl sites for hydroxylation is 1. The van der Waals surface area contributed by atoms with E-state index in [1.54, 1.807) is 0 Å². The van der Waals surface area contributed by atoms with Gasteiger partial charge >= 0.3 is 0 Å². The zero-order chi connectivity index (χ0) is 14.5. The van der Waals surface area contributed by atoms with Crippen LogP contribution in [0.25, 0.3) is 0 Å². The third kappa shape index (κ3) is 3.73. The first-order valence-electron chi connectivity index (χ1n) is 7.38. The summed E-state index contributed by atoms with van der Waals surface area (Å²) in [6, 6.07) is 5.91. The van der Waals surface area contributed by atoms with Crippen molar-refractivity contribution in [2.24, 2.45) is 22.7 Å². The van der Waals surface area contributed by atoms with Crippen LogP contribution in [-0.4, -0.2) is 17.6 Å². The van der Waals surface area contributed by atoms with E-state index < -0.39 is 0 Å². The number of hydrogen-bond acceptors (Lipinski definition) is 3. The molecule has 20 heavy (non-hydrogen) atoms. The number of rotatable bonds is 5. The number of oxime groups is 1. The first-order valence-corrected chi connectivity index (χ1v) is 7.38. The van der Waals surface area contributed by atoms with Gasteiger partial charge in [0.15, 0.2) is 5.84 Å². The van der Waals surface area contributed by atoms with Crippen LogP contribution in [0.15, 0.2) is 23.4 Å². The molecule has 0 spiro atoms. The topological polar surface area (TPSA) is 70.6 Å². The Morgan fingerprint density at radius 2 is 2.25 bits per heavy atom. The minimum atomic E-state index is 0.160. The Morgan fingerprint density at radius 1 is 1.45 bits per heavy atom. The van der Waals surface area contributed by atoms with E-state index in [1.807, 2.05) is 18.2 Å². The maximum Gasteiger partial charge on any atom is 0.170 e. The maximum absolute atomic E-state index is 8.68. The van der Waals surface area contributed by atoms with Gasteiger partial charge in [-0.15, -0.1) is 0 Å². The number of hydrogen-bond donors (Lipinski definition) is 3. The van der Waals surface area contributed by atoms with Crippen molar-refractivity contribution in [2.75, 3.05) is 6.54 Å². The minimum absolute atomic E-state index is 0.160. The predicted octanol–water partition coefficient (Wildman–Crippen LogP) is 2.62. The molecule has 2 rings (SSSR count). The van der Waals surface area contributed by atoms with Gasteiger partial charge in [0.1, 0.15) is 0 Å². The quantitative estimate of drug-likeness (QED) is 0.335. The SMILES string of the molecule is Cc1cc(/C(N)=N/O)ccc1CNCC1CCC(C)C1. The van der Waals surface area contributed by atoms with Crippen molar-refractivity contribution >= 4 is 5.84 Å². The van der Waals surface area contributed by atoms with Gasteiger partial charge in [-0.25, -0.2) is 0 Å². The van der Waals surface area contributed by atoms with E-state index >= 15 is 0 Å². The van der Waals surface area contributed by atoms with Gasteiger partial charge in [0.2, 0.25) is 0 Å². The highest BCUT2D eigenvalue weighted by molar-refractivity contribution is 5.97. The fraction of sp³-hybridized carbons (Fsp3) is 0.562. The van der Waals surface area contributed by atoms with Gasteiger partial charge in [0, 0.05) is 12.1 Å². The molecule has 4 N–H and O–H groups in total. The van der Waals surface area contributed by atoms with E-state index in [-0.39, 0.29) is 5.84 Å². The van der Waals surface area contributed by atoms with E-state index in [0.717, 1.165) is 30.5 Å². The molecule has 110 valence electrons. The average molecular weight is 275 g/mol. The van der Waals surface area contributed by atoms with E-state index in [9.17, 15) is 0 Å². The summed E-state index contributed by atoms with van der Waals surface area (Å²) < 4.78 is 0. The molecule has 0 amide bonds. The first-order chi connectivity index (χ1) is 9.60. The lowest BCUT2D eigenvalue weighted by Gasteiger charge is -2.13. The molecule has 1 aliphatic rings. The molecule has 0 radical (unpaired) electrons. The summed E-state index contributed by atoms with van der Waals surface area (Å²) in [6.07, 6.45) is 4.09. The van der Waals surface area contributed by atoms with Crippen LogP contribution in [0, 0.1) is 18.8 Å².